The lowest BCUT2D eigenvalue weighted by atomic mass is 10.2. The summed E-state index contributed by atoms with van der Waals surface area (Å²) in [5.41, 5.74) is 0.760. The molecule has 1 aromatic carbocycles. The van der Waals surface area contributed by atoms with Gasteiger partial charge in [0.05, 0.1) is 11.9 Å². The molecular formula is C16H17FN2O2S. The monoisotopic (exact) mass is 320 g/mol. The Kier molecular flexibility index (Phi) is 4.77. The van der Waals surface area contributed by atoms with Crippen LogP contribution in [0.2, 0.25) is 0 Å². The van der Waals surface area contributed by atoms with Gasteiger partial charge >= 0.3 is 0 Å². The summed E-state index contributed by atoms with van der Waals surface area (Å²) in [5.74, 6) is 0.582. The molecule has 0 aliphatic heterocycles. The summed E-state index contributed by atoms with van der Waals surface area (Å²) in [7, 11) is 0. The van der Waals surface area contributed by atoms with Gasteiger partial charge in [0.25, 0.3) is 5.22 Å². The van der Waals surface area contributed by atoms with Crippen molar-refractivity contribution in [3.05, 3.63) is 36.3 Å². The first-order valence-corrected chi connectivity index (χ1v) is 8.33. The maximum atomic E-state index is 12.9. The van der Waals surface area contributed by atoms with Crippen molar-refractivity contribution in [2.75, 3.05) is 5.75 Å². The van der Waals surface area contributed by atoms with Crippen LogP contribution >= 0.6 is 11.8 Å². The standard InChI is InChI=1S/C16H17FN2O2S/c17-12-7-5-11(6-8-12)14-9-18-16(21-14)22-10-15(20)19-13-3-1-2-4-13/h5-9,13H,1-4,10H2,(H,19,20). The van der Waals surface area contributed by atoms with Crippen molar-refractivity contribution in [1.29, 1.82) is 0 Å². The molecule has 0 saturated heterocycles. The van der Waals surface area contributed by atoms with Crippen LogP contribution in [0.1, 0.15) is 25.7 Å². The number of amides is 1. The Morgan fingerprint density at radius 2 is 2.05 bits per heavy atom. The number of carbonyl (C=O) groups excluding carboxylic acids is 1. The van der Waals surface area contributed by atoms with Crippen molar-refractivity contribution in [3.63, 3.8) is 0 Å². The molecule has 1 heterocycles. The van der Waals surface area contributed by atoms with Gasteiger partial charge in [-0.05, 0) is 37.1 Å². The predicted octanol–water partition coefficient (Wildman–Crippen LogP) is 3.63. The highest BCUT2D eigenvalue weighted by molar-refractivity contribution is 7.99. The van der Waals surface area contributed by atoms with Crippen molar-refractivity contribution in [2.24, 2.45) is 0 Å². The number of hydrogen-bond acceptors (Lipinski definition) is 4. The van der Waals surface area contributed by atoms with Crippen molar-refractivity contribution in [3.8, 4) is 11.3 Å². The van der Waals surface area contributed by atoms with E-state index in [0.29, 0.717) is 22.8 Å². The predicted molar refractivity (Wildman–Crippen MR) is 83.0 cm³/mol. The number of rotatable bonds is 5. The molecule has 0 atom stereocenters. The fourth-order valence-electron chi connectivity index (χ4n) is 2.54. The molecule has 1 amide bonds. The molecule has 4 nitrogen and oxygen atoms in total. The van der Waals surface area contributed by atoms with Crippen LogP contribution < -0.4 is 5.32 Å². The fraction of sp³-hybridized carbons (Fsp3) is 0.375. The molecule has 0 radical (unpaired) electrons. The summed E-state index contributed by atoms with van der Waals surface area (Å²) >= 11 is 1.27. The van der Waals surface area contributed by atoms with E-state index in [1.165, 1.54) is 36.7 Å². The minimum absolute atomic E-state index is 0.0124. The second kappa shape index (κ2) is 6.96. The molecule has 6 heteroatoms. The number of benzene rings is 1. The molecule has 1 aliphatic rings. The third-order valence-electron chi connectivity index (χ3n) is 3.66. The van der Waals surface area contributed by atoms with Crippen LogP contribution in [0, 0.1) is 5.82 Å². The third-order valence-corrected chi connectivity index (χ3v) is 4.50. The van der Waals surface area contributed by atoms with Gasteiger partial charge in [-0.15, -0.1) is 0 Å². The van der Waals surface area contributed by atoms with Crippen LogP contribution in [0.15, 0.2) is 40.1 Å². The van der Waals surface area contributed by atoms with Crippen molar-refractivity contribution in [2.45, 2.75) is 36.9 Å². The molecule has 1 fully saturated rings. The maximum absolute atomic E-state index is 12.9. The molecule has 22 heavy (non-hydrogen) atoms. The van der Waals surface area contributed by atoms with Gasteiger partial charge in [0.1, 0.15) is 5.82 Å². The zero-order valence-corrected chi connectivity index (χ0v) is 12.9. The van der Waals surface area contributed by atoms with Crippen molar-refractivity contribution >= 4 is 17.7 Å². The molecule has 1 saturated carbocycles. The first-order valence-electron chi connectivity index (χ1n) is 7.34. The largest absolute Gasteiger partial charge is 0.431 e. The lowest BCUT2D eigenvalue weighted by Crippen LogP contribution is -2.33. The van der Waals surface area contributed by atoms with E-state index in [9.17, 15) is 9.18 Å². The second-order valence-corrected chi connectivity index (χ2v) is 6.26. The van der Waals surface area contributed by atoms with Gasteiger partial charge in [-0.1, -0.05) is 24.6 Å². The molecule has 0 spiro atoms. The van der Waals surface area contributed by atoms with E-state index in [-0.39, 0.29) is 11.7 Å². The molecule has 0 bridgehead atoms. The Hall–Kier alpha value is -1.82. The van der Waals surface area contributed by atoms with Crippen molar-refractivity contribution in [1.82, 2.24) is 10.3 Å². The number of hydrogen-bond donors (Lipinski definition) is 1. The smallest absolute Gasteiger partial charge is 0.256 e. The number of thioether (sulfide) groups is 1. The van der Waals surface area contributed by atoms with Crippen molar-refractivity contribution < 1.29 is 13.6 Å². The highest BCUT2D eigenvalue weighted by Crippen LogP contribution is 2.25. The number of halogens is 1. The summed E-state index contributed by atoms with van der Waals surface area (Å²) in [6.07, 6.45) is 6.12. The van der Waals surface area contributed by atoms with Crippen LogP contribution in [0.25, 0.3) is 11.3 Å². The van der Waals surface area contributed by atoms with Crippen LogP contribution in [-0.4, -0.2) is 22.7 Å². The van der Waals surface area contributed by atoms with E-state index in [2.05, 4.69) is 10.3 Å². The number of carbonyl (C=O) groups is 1. The zero-order chi connectivity index (χ0) is 15.4. The third kappa shape index (κ3) is 3.88. The van der Waals surface area contributed by atoms with Gasteiger partial charge in [-0.3, -0.25) is 4.79 Å². The van der Waals surface area contributed by atoms with E-state index in [1.54, 1.807) is 18.3 Å². The van der Waals surface area contributed by atoms with E-state index < -0.39 is 0 Å². The molecule has 1 aliphatic carbocycles. The number of aromatic nitrogens is 1. The van der Waals surface area contributed by atoms with Crippen LogP contribution in [-0.2, 0) is 4.79 Å². The summed E-state index contributed by atoms with van der Waals surface area (Å²) in [6, 6.07) is 6.35. The topological polar surface area (TPSA) is 55.1 Å². The Labute approximate surface area is 132 Å². The average Bonchev–Trinajstić information content (AvgIpc) is 3.17. The van der Waals surface area contributed by atoms with Crippen LogP contribution in [0.4, 0.5) is 4.39 Å². The van der Waals surface area contributed by atoms with Gasteiger partial charge in [0, 0.05) is 11.6 Å². The lowest BCUT2D eigenvalue weighted by Gasteiger charge is -2.10. The van der Waals surface area contributed by atoms with Gasteiger partial charge in [-0.2, -0.15) is 0 Å². The fourth-order valence-corrected chi connectivity index (χ4v) is 3.15. The number of nitrogens with one attached hydrogen (secondary N) is 1. The quantitative estimate of drug-likeness (QED) is 0.855. The first-order chi connectivity index (χ1) is 10.7. The summed E-state index contributed by atoms with van der Waals surface area (Å²) in [6.45, 7) is 0. The van der Waals surface area contributed by atoms with Gasteiger partial charge in [0.15, 0.2) is 5.76 Å². The molecule has 3 rings (SSSR count). The SMILES string of the molecule is O=C(CSc1ncc(-c2ccc(F)cc2)o1)NC1CCCC1. The Bertz CT molecular complexity index is 636. The normalized spacial score (nSPS) is 15.1. The molecule has 0 unspecified atom stereocenters. The van der Waals surface area contributed by atoms with Crippen LogP contribution in [0.3, 0.4) is 0 Å². The second-order valence-electron chi connectivity index (χ2n) is 5.33. The Morgan fingerprint density at radius 1 is 1.32 bits per heavy atom. The maximum Gasteiger partial charge on any atom is 0.256 e. The number of nitrogens with zero attached hydrogens (tertiary/aromatic N) is 1. The van der Waals surface area contributed by atoms with Gasteiger partial charge in [0.2, 0.25) is 5.91 Å². The first kappa shape index (κ1) is 15.1. The molecule has 1 aromatic heterocycles. The Morgan fingerprint density at radius 3 is 2.77 bits per heavy atom. The average molecular weight is 320 g/mol. The van der Waals surface area contributed by atoms with Gasteiger partial charge in [-0.25, -0.2) is 9.37 Å². The lowest BCUT2D eigenvalue weighted by molar-refractivity contribution is -0.119. The van der Waals surface area contributed by atoms with E-state index >= 15 is 0 Å². The van der Waals surface area contributed by atoms with E-state index in [4.69, 9.17) is 4.42 Å². The zero-order valence-electron chi connectivity index (χ0n) is 12.0. The van der Waals surface area contributed by atoms with E-state index in [1.807, 2.05) is 0 Å². The van der Waals surface area contributed by atoms with Crippen LogP contribution in [0.5, 0.6) is 0 Å². The molecule has 116 valence electrons. The summed E-state index contributed by atoms with van der Waals surface area (Å²) in [5, 5.41) is 3.47. The minimum atomic E-state index is -0.290. The molecule has 1 N–H and O–H groups in total. The molecular weight excluding hydrogens is 303 g/mol. The Balaban J connectivity index is 1.53. The molecule has 2 aromatic rings. The summed E-state index contributed by atoms with van der Waals surface area (Å²) < 4.78 is 18.5. The van der Waals surface area contributed by atoms with E-state index in [0.717, 1.165) is 18.4 Å². The highest BCUT2D eigenvalue weighted by Gasteiger charge is 2.17. The number of oxazole rings is 1. The minimum Gasteiger partial charge on any atom is -0.431 e. The highest BCUT2D eigenvalue weighted by atomic mass is 32.2. The summed E-state index contributed by atoms with van der Waals surface area (Å²) in [4.78, 5) is 16.0. The van der Waals surface area contributed by atoms with Gasteiger partial charge < -0.3 is 9.73 Å².